The molecule has 116 valence electrons. The van der Waals surface area contributed by atoms with Gasteiger partial charge in [-0.15, -0.1) is 0 Å². The first-order valence-corrected chi connectivity index (χ1v) is 7.82. The summed E-state index contributed by atoms with van der Waals surface area (Å²) < 4.78 is 0.890. The summed E-state index contributed by atoms with van der Waals surface area (Å²) in [5.41, 5.74) is 1.14. The quantitative estimate of drug-likeness (QED) is 0.759. The first-order chi connectivity index (χ1) is 11.0. The number of benzene rings is 1. The second-order valence-corrected chi connectivity index (χ2v) is 6.16. The molecule has 2 N–H and O–H groups in total. The topological polar surface area (TPSA) is 84.0 Å². The monoisotopic (exact) mass is 346 g/mol. The van der Waals surface area contributed by atoms with Crippen LogP contribution in [-0.4, -0.2) is 21.8 Å². The maximum atomic E-state index is 12.3. The van der Waals surface area contributed by atoms with E-state index in [1.165, 1.54) is 30.5 Å². The Hall–Kier alpha value is -2.51. The molecule has 0 aliphatic carbocycles. The highest BCUT2D eigenvalue weighted by molar-refractivity contribution is 7.22. The van der Waals surface area contributed by atoms with Crippen molar-refractivity contribution in [2.45, 2.75) is 6.92 Å². The Morgan fingerprint density at radius 1 is 1.17 bits per heavy atom. The highest BCUT2D eigenvalue weighted by Crippen LogP contribution is 2.28. The van der Waals surface area contributed by atoms with Crippen molar-refractivity contribution in [2.24, 2.45) is 0 Å². The summed E-state index contributed by atoms with van der Waals surface area (Å²) in [7, 11) is 0. The molecule has 3 rings (SSSR count). The average molecular weight is 347 g/mol. The molecule has 0 radical (unpaired) electrons. The van der Waals surface area contributed by atoms with Gasteiger partial charge >= 0.3 is 0 Å². The van der Waals surface area contributed by atoms with Crippen molar-refractivity contribution in [3.63, 3.8) is 0 Å². The van der Waals surface area contributed by atoms with Gasteiger partial charge in [0.1, 0.15) is 5.82 Å². The second kappa shape index (κ2) is 6.31. The summed E-state index contributed by atoms with van der Waals surface area (Å²) in [4.78, 5) is 31.6. The van der Waals surface area contributed by atoms with Crippen LogP contribution in [0.5, 0.6) is 0 Å². The van der Waals surface area contributed by atoms with Crippen LogP contribution < -0.4 is 10.6 Å². The Balaban J connectivity index is 1.81. The molecule has 0 bridgehead atoms. The van der Waals surface area contributed by atoms with Gasteiger partial charge in [-0.3, -0.25) is 14.9 Å². The van der Waals surface area contributed by atoms with Crippen LogP contribution in [0.3, 0.4) is 0 Å². The molecule has 0 saturated heterocycles. The van der Waals surface area contributed by atoms with E-state index in [0.717, 1.165) is 10.2 Å². The number of carbonyl (C=O) groups is 2. The van der Waals surface area contributed by atoms with E-state index in [9.17, 15) is 9.59 Å². The van der Waals surface area contributed by atoms with E-state index < -0.39 is 0 Å². The Bertz CT molecular complexity index is 909. The summed E-state index contributed by atoms with van der Waals surface area (Å²) in [5, 5.41) is 6.36. The van der Waals surface area contributed by atoms with Gasteiger partial charge in [-0.25, -0.2) is 9.97 Å². The van der Waals surface area contributed by atoms with Crippen molar-refractivity contribution >= 4 is 55.9 Å². The van der Waals surface area contributed by atoms with E-state index in [-0.39, 0.29) is 11.8 Å². The Kier molecular flexibility index (Phi) is 4.22. The number of fused-ring (bicyclic) bond motifs is 1. The van der Waals surface area contributed by atoms with Crippen LogP contribution >= 0.6 is 22.9 Å². The van der Waals surface area contributed by atoms with Gasteiger partial charge in [0.15, 0.2) is 5.13 Å². The molecule has 0 atom stereocenters. The third-order valence-corrected chi connectivity index (χ3v) is 4.07. The predicted molar refractivity (Wildman–Crippen MR) is 91.1 cm³/mol. The fourth-order valence-electron chi connectivity index (χ4n) is 1.94. The van der Waals surface area contributed by atoms with E-state index in [2.05, 4.69) is 20.6 Å². The smallest absolute Gasteiger partial charge is 0.257 e. The molecule has 0 aliphatic heterocycles. The zero-order valence-corrected chi connectivity index (χ0v) is 13.5. The van der Waals surface area contributed by atoms with Crippen molar-refractivity contribution < 1.29 is 9.59 Å². The van der Waals surface area contributed by atoms with E-state index in [1.807, 2.05) is 0 Å². The standard InChI is InChI=1S/C15H11ClN4O2S/c1-8(21)18-13-6-9(4-5-17-13)14(22)20-15-19-11-3-2-10(16)7-12(11)23-15/h2-7H,1H3,(H,17,18,21)(H,19,20,22). The molecule has 0 saturated carbocycles. The molecule has 2 aromatic heterocycles. The van der Waals surface area contributed by atoms with Crippen LogP contribution in [0.2, 0.25) is 5.02 Å². The zero-order chi connectivity index (χ0) is 16.4. The van der Waals surface area contributed by atoms with Crippen LogP contribution in [0.1, 0.15) is 17.3 Å². The Labute approximate surface area is 140 Å². The minimum atomic E-state index is -0.329. The van der Waals surface area contributed by atoms with Crippen LogP contribution in [0.15, 0.2) is 36.5 Å². The summed E-state index contributed by atoms with van der Waals surface area (Å²) in [6, 6.07) is 8.40. The highest BCUT2D eigenvalue weighted by Gasteiger charge is 2.11. The minimum absolute atomic E-state index is 0.252. The number of rotatable bonds is 3. The second-order valence-electron chi connectivity index (χ2n) is 4.70. The lowest BCUT2D eigenvalue weighted by atomic mass is 10.2. The molecule has 2 heterocycles. The summed E-state index contributed by atoms with van der Waals surface area (Å²) in [6.45, 7) is 1.38. The van der Waals surface area contributed by atoms with Crippen LogP contribution in [-0.2, 0) is 4.79 Å². The first kappa shape index (κ1) is 15.4. The largest absolute Gasteiger partial charge is 0.311 e. The van der Waals surface area contributed by atoms with Gasteiger partial charge in [0.25, 0.3) is 5.91 Å². The Morgan fingerprint density at radius 3 is 2.78 bits per heavy atom. The van der Waals surface area contributed by atoms with Gasteiger partial charge in [-0.05, 0) is 30.3 Å². The number of anilines is 2. The van der Waals surface area contributed by atoms with Crippen molar-refractivity contribution in [2.75, 3.05) is 10.6 Å². The minimum Gasteiger partial charge on any atom is -0.311 e. The van der Waals surface area contributed by atoms with E-state index in [4.69, 9.17) is 11.6 Å². The third kappa shape index (κ3) is 3.64. The molecule has 23 heavy (non-hydrogen) atoms. The van der Waals surface area contributed by atoms with Gasteiger partial charge in [0.2, 0.25) is 5.91 Å². The first-order valence-electron chi connectivity index (χ1n) is 6.62. The summed E-state index contributed by atoms with van der Waals surface area (Å²) in [6.07, 6.45) is 1.46. The molecule has 3 aromatic rings. The number of thiazole rings is 1. The van der Waals surface area contributed by atoms with Crippen LogP contribution in [0, 0.1) is 0 Å². The van der Waals surface area contributed by atoms with Crippen molar-refractivity contribution in [3.05, 3.63) is 47.1 Å². The molecule has 1 aromatic carbocycles. The van der Waals surface area contributed by atoms with Crippen LogP contribution in [0.4, 0.5) is 10.9 Å². The lowest BCUT2D eigenvalue weighted by molar-refractivity contribution is -0.114. The number of pyridine rings is 1. The summed E-state index contributed by atoms with van der Waals surface area (Å²) >= 11 is 7.28. The van der Waals surface area contributed by atoms with Crippen molar-refractivity contribution in [1.29, 1.82) is 0 Å². The zero-order valence-electron chi connectivity index (χ0n) is 12.0. The number of hydrogen-bond donors (Lipinski definition) is 2. The van der Waals surface area contributed by atoms with E-state index in [0.29, 0.717) is 21.5 Å². The highest BCUT2D eigenvalue weighted by atomic mass is 35.5. The van der Waals surface area contributed by atoms with E-state index in [1.54, 1.807) is 24.3 Å². The van der Waals surface area contributed by atoms with Crippen molar-refractivity contribution in [3.8, 4) is 0 Å². The molecule has 0 spiro atoms. The fourth-order valence-corrected chi connectivity index (χ4v) is 3.08. The SMILES string of the molecule is CC(=O)Nc1cc(C(=O)Nc2nc3ccc(Cl)cc3s2)ccn1. The van der Waals surface area contributed by atoms with Gasteiger partial charge in [0.05, 0.1) is 10.2 Å². The number of aromatic nitrogens is 2. The van der Waals surface area contributed by atoms with Gasteiger partial charge in [-0.1, -0.05) is 22.9 Å². The third-order valence-electron chi connectivity index (χ3n) is 2.90. The number of hydrogen-bond acceptors (Lipinski definition) is 5. The molecule has 6 nitrogen and oxygen atoms in total. The molecular weight excluding hydrogens is 336 g/mol. The molecule has 0 unspecified atom stereocenters. The lowest BCUT2D eigenvalue weighted by Crippen LogP contribution is -2.13. The lowest BCUT2D eigenvalue weighted by Gasteiger charge is -2.04. The predicted octanol–water partition coefficient (Wildman–Crippen LogP) is 3.56. The van der Waals surface area contributed by atoms with Gasteiger partial charge in [-0.2, -0.15) is 0 Å². The number of amides is 2. The normalized spacial score (nSPS) is 10.5. The Morgan fingerprint density at radius 2 is 2.00 bits per heavy atom. The molecule has 8 heteroatoms. The maximum absolute atomic E-state index is 12.3. The van der Waals surface area contributed by atoms with Gasteiger partial charge < -0.3 is 5.32 Å². The van der Waals surface area contributed by atoms with E-state index >= 15 is 0 Å². The van der Waals surface area contributed by atoms with Gasteiger partial charge in [0, 0.05) is 23.7 Å². The maximum Gasteiger partial charge on any atom is 0.257 e. The number of carbonyl (C=O) groups excluding carboxylic acids is 2. The van der Waals surface area contributed by atoms with Crippen molar-refractivity contribution in [1.82, 2.24) is 9.97 Å². The molecule has 0 fully saturated rings. The fraction of sp³-hybridized carbons (Fsp3) is 0.0667. The number of nitrogens with zero attached hydrogens (tertiary/aromatic N) is 2. The molecule has 0 aliphatic rings. The molecule has 2 amide bonds. The summed E-state index contributed by atoms with van der Waals surface area (Å²) in [5.74, 6) is -0.261. The van der Waals surface area contributed by atoms with Crippen LogP contribution in [0.25, 0.3) is 10.2 Å². The number of halogens is 1. The molecular formula is C15H11ClN4O2S. The number of nitrogens with one attached hydrogen (secondary N) is 2. The average Bonchev–Trinajstić information content (AvgIpc) is 2.88.